The molecule has 1 amide bonds. The van der Waals surface area contributed by atoms with Crippen molar-refractivity contribution in [1.29, 1.82) is 0 Å². The lowest BCUT2D eigenvalue weighted by Crippen LogP contribution is -2.34. The minimum atomic E-state index is -2.77. The number of rotatable bonds is 8. The van der Waals surface area contributed by atoms with Gasteiger partial charge in [0, 0.05) is 31.8 Å². The highest BCUT2D eigenvalue weighted by molar-refractivity contribution is 6.36. The van der Waals surface area contributed by atoms with Crippen molar-refractivity contribution < 1.29 is 18.3 Å². The summed E-state index contributed by atoms with van der Waals surface area (Å²) in [7, 11) is 1.49. The van der Waals surface area contributed by atoms with Crippen LogP contribution in [0.3, 0.4) is 0 Å². The average Bonchev–Trinajstić information content (AvgIpc) is 3.36. The van der Waals surface area contributed by atoms with Crippen LogP contribution in [0.15, 0.2) is 12.3 Å². The third kappa shape index (κ3) is 5.55. The van der Waals surface area contributed by atoms with Gasteiger partial charge in [0.05, 0.1) is 29.4 Å². The first-order valence-electron chi connectivity index (χ1n) is 12.5. The SMILES string of the molecule is CCn1nc(C(=O)NCC2CCC(C)CC2)c(Cl)c1-c1cnc(N[C@@H]2CCCC2(F)F)cc1OC. The van der Waals surface area contributed by atoms with E-state index in [-0.39, 0.29) is 23.0 Å². The molecule has 0 radical (unpaired) electrons. The third-order valence-corrected chi connectivity index (χ3v) is 7.63. The second kappa shape index (κ2) is 10.7. The molecular weight excluding hydrogens is 476 g/mol. The van der Waals surface area contributed by atoms with Gasteiger partial charge in [-0.15, -0.1) is 0 Å². The zero-order valence-corrected chi connectivity index (χ0v) is 21.3. The van der Waals surface area contributed by atoms with Crippen LogP contribution in [0.1, 0.15) is 69.3 Å². The Morgan fingerprint density at radius 2 is 2.03 bits per heavy atom. The number of carbonyl (C=O) groups is 1. The molecule has 1 atom stereocenters. The summed E-state index contributed by atoms with van der Waals surface area (Å²) in [6, 6.07) is 0.620. The van der Waals surface area contributed by atoms with Crippen molar-refractivity contribution in [3.8, 4) is 17.0 Å². The fraction of sp³-hybridized carbons (Fsp3) is 0.640. The number of aryl methyl sites for hydroxylation is 1. The molecule has 0 saturated heterocycles. The molecule has 2 aromatic rings. The fourth-order valence-corrected chi connectivity index (χ4v) is 5.39. The van der Waals surface area contributed by atoms with Crippen molar-refractivity contribution in [3.05, 3.63) is 23.0 Å². The highest BCUT2D eigenvalue weighted by Crippen LogP contribution is 2.40. The van der Waals surface area contributed by atoms with Gasteiger partial charge in [-0.25, -0.2) is 13.8 Å². The topological polar surface area (TPSA) is 81.1 Å². The van der Waals surface area contributed by atoms with Gasteiger partial charge in [0.2, 0.25) is 0 Å². The van der Waals surface area contributed by atoms with Gasteiger partial charge in [0.1, 0.15) is 11.6 Å². The molecule has 2 N–H and O–H groups in total. The summed E-state index contributed by atoms with van der Waals surface area (Å²) in [6.45, 7) is 5.24. The van der Waals surface area contributed by atoms with Crippen molar-refractivity contribution in [1.82, 2.24) is 20.1 Å². The van der Waals surface area contributed by atoms with Crippen molar-refractivity contribution in [3.63, 3.8) is 0 Å². The molecule has 0 unspecified atom stereocenters. The van der Waals surface area contributed by atoms with E-state index in [1.165, 1.54) is 26.1 Å². The fourth-order valence-electron chi connectivity index (χ4n) is 5.07. The molecule has 10 heteroatoms. The lowest BCUT2D eigenvalue weighted by Gasteiger charge is -2.26. The van der Waals surface area contributed by atoms with Gasteiger partial charge in [0.15, 0.2) is 5.69 Å². The number of pyridine rings is 1. The molecule has 7 nitrogen and oxygen atoms in total. The predicted molar refractivity (Wildman–Crippen MR) is 132 cm³/mol. The number of anilines is 1. The average molecular weight is 510 g/mol. The first kappa shape index (κ1) is 25.7. The van der Waals surface area contributed by atoms with E-state index in [1.807, 2.05) is 6.92 Å². The third-order valence-electron chi connectivity index (χ3n) is 7.27. The van der Waals surface area contributed by atoms with Crippen LogP contribution in [0.2, 0.25) is 5.02 Å². The second-order valence-electron chi connectivity index (χ2n) is 9.78. The summed E-state index contributed by atoms with van der Waals surface area (Å²) in [4.78, 5) is 17.3. The van der Waals surface area contributed by atoms with Gasteiger partial charge >= 0.3 is 0 Å². The van der Waals surface area contributed by atoms with E-state index >= 15 is 0 Å². The number of ether oxygens (including phenoxy) is 1. The maximum absolute atomic E-state index is 14.1. The number of nitrogens with zero attached hydrogens (tertiary/aromatic N) is 3. The molecule has 192 valence electrons. The molecule has 2 fully saturated rings. The molecule has 0 bridgehead atoms. The molecule has 2 aromatic heterocycles. The van der Waals surface area contributed by atoms with Crippen LogP contribution in [-0.2, 0) is 6.54 Å². The Kier molecular flexibility index (Phi) is 7.83. The maximum Gasteiger partial charge on any atom is 0.273 e. The van der Waals surface area contributed by atoms with E-state index in [9.17, 15) is 13.6 Å². The van der Waals surface area contributed by atoms with Crippen LogP contribution < -0.4 is 15.4 Å². The molecule has 4 rings (SSSR count). The van der Waals surface area contributed by atoms with Crippen molar-refractivity contribution in [2.45, 2.75) is 77.3 Å². The highest BCUT2D eigenvalue weighted by atomic mass is 35.5. The monoisotopic (exact) mass is 509 g/mol. The van der Waals surface area contributed by atoms with Gasteiger partial charge < -0.3 is 15.4 Å². The van der Waals surface area contributed by atoms with Gasteiger partial charge in [-0.3, -0.25) is 9.48 Å². The van der Waals surface area contributed by atoms with Crippen LogP contribution >= 0.6 is 11.6 Å². The van der Waals surface area contributed by atoms with Crippen LogP contribution in [0.4, 0.5) is 14.6 Å². The number of halogens is 3. The molecular formula is C25H34ClF2N5O2. The minimum Gasteiger partial charge on any atom is -0.496 e. The number of nitrogens with one attached hydrogen (secondary N) is 2. The summed E-state index contributed by atoms with van der Waals surface area (Å²) in [5, 5.41) is 10.5. The van der Waals surface area contributed by atoms with E-state index in [4.69, 9.17) is 16.3 Å². The molecule has 35 heavy (non-hydrogen) atoms. The van der Waals surface area contributed by atoms with Crippen molar-refractivity contribution >= 4 is 23.3 Å². The van der Waals surface area contributed by atoms with E-state index < -0.39 is 12.0 Å². The smallest absolute Gasteiger partial charge is 0.273 e. The summed E-state index contributed by atoms with van der Waals surface area (Å²) >= 11 is 6.68. The lowest BCUT2D eigenvalue weighted by atomic mass is 9.83. The number of hydrogen-bond acceptors (Lipinski definition) is 5. The first-order chi connectivity index (χ1) is 16.7. The zero-order chi connectivity index (χ0) is 25.2. The van der Waals surface area contributed by atoms with E-state index in [0.717, 1.165) is 18.8 Å². The number of hydrogen-bond donors (Lipinski definition) is 2. The van der Waals surface area contributed by atoms with E-state index in [0.29, 0.717) is 54.7 Å². The molecule has 2 saturated carbocycles. The van der Waals surface area contributed by atoms with E-state index in [1.54, 1.807) is 10.7 Å². The molecule has 2 aliphatic carbocycles. The quantitative estimate of drug-likeness (QED) is 0.471. The molecule has 0 spiro atoms. The van der Waals surface area contributed by atoms with Gasteiger partial charge in [-0.2, -0.15) is 5.10 Å². The number of aromatic nitrogens is 3. The number of methoxy groups -OCH3 is 1. The summed E-state index contributed by atoms with van der Waals surface area (Å²) in [6.07, 6.45) is 6.84. The molecule has 0 aliphatic heterocycles. The summed E-state index contributed by atoms with van der Waals surface area (Å²) < 4.78 is 35.3. The molecule has 2 aliphatic rings. The molecule has 2 heterocycles. The predicted octanol–water partition coefficient (Wildman–Crippen LogP) is 5.78. The van der Waals surface area contributed by atoms with E-state index in [2.05, 4.69) is 27.6 Å². The Balaban J connectivity index is 1.54. The van der Waals surface area contributed by atoms with Crippen molar-refractivity contribution in [2.75, 3.05) is 19.0 Å². The highest BCUT2D eigenvalue weighted by Gasteiger charge is 2.44. The normalized spacial score (nSPS) is 23.8. The Morgan fingerprint density at radius 1 is 1.29 bits per heavy atom. The molecule has 0 aromatic carbocycles. The minimum absolute atomic E-state index is 0.129. The number of alkyl halides is 2. The Labute approximate surface area is 210 Å². The standard InChI is InChI=1S/C25H34ClF2N5O2/c1-4-33-23(21(26)22(32-33)24(34)30-13-16-9-7-15(2)8-10-16)17-14-29-20(12-18(17)35-3)31-19-6-5-11-25(19,27)28/h12,14-16,19H,4-11,13H2,1-3H3,(H,29,31)(H,30,34)/t15?,16?,19-/m1/s1. The summed E-state index contributed by atoms with van der Waals surface area (Å²) in [5.41, 5.74) is 1.20. The van der Waals surface area contributed by atoms with Gasteiger partial charge in [-0.1, -0.05) is 31.4 Å². The Morgan fingerprint density at radius 3 is 2.66 bits per heavy atom. The van der Waals surface area contributed by atoms with Crippen LogP contribution in [-0.4, -0.2) is 46.3 Å². The van der Waals surface area contributed by atoms with Crippen molar-refractivity contribution in [2.24, 2.45) is 11.8 Å². The Bertz CT molecular complexity index is 1050. The maximum atomic E-state index is 14.1. The number of carbonyl (C=O) groups excluding carboxylic acids is 1. The lowest BCUT2D eigenvalue weighted by molar-refractivity contribution is -0.000698. The van der Waals surface area contributed by atoms with Gasteiger partial charge in [-0.05, 0) is 44.4 Å². The summed E-state index contributed by atoms with van der Waals surface area (Å²) in [5.74, 6) is -1.15. The Hall–Kier alpha value is -2.42. The first-order valence-corrected chi connectivity index (χ1v) is 12.8. The number of amides is 1. The van der Waals surface area contributed by atoms with Crippen LogP contribution in [0, 0.1) is 11.8 Å². The van der Waals surface area contributed by atoms with Crippen LogP contribution in [0.5, 0.6) is 5.75 Å². The second-order valence-corrected chi connectivity index (χ2v) is 10.2. The zero-order valence-electron chi connectivity index (χ0n) is 20.5. The van der Waals surface area contributed by atoms with Crippen LogP contribution in [0.25, 0.3) is 11.3 Å². The largest absolute Gasteiger partial charge is 0.496 e. The van der Waals surface area contributed by atoms with Gasteiger partial charge in [0.25, 0.3) is 11.8 Å².